The second-order valence-electron chi connectivity index (χ2n) is 4.17. The standard InChI is InChI=1S/C10H17NO4/c12-8-3-7(4-8)5-11-10(13)9-6-14-1-2-15-9/h7-9,12H,1-6H2,(H,11,13). The van der Waals surface area contributed by atoms with Gasteiger partial charge >= 0.3 is 0 Å². The molecule has 5 nitrogen and oxygen atoms in total. The van der Waals surface area contributed by atoms with Crippen LogP contribution in [-0.2, 0) is 14.3 Å². The van der Waals surface area contributed by atoms with Crippen LogP contribution in [0.1, 0.15) is 12.8 Å². The van der Waals surface area contributed by atoms with Crippen LogP contribution in [0.25, 0.3) is 0 Å². The number of rotatable bonds is 3. The third-order valence-corrected chi connectivity index (χ3v) is 2.88. The van der Waals surface area contributed by atoms with Crippen molar-refractivity contribution in [2.75, 3.05) is 26.4 Å². The van der Waals surface area contributed by atoms with Gasteiger partial charge in [-0.25, -0.2) is 0 Å². The van der Waals surface area contributed by atoms with E-state index in [1.165, 1.54) is 0 Å². The molecule has 86 valence electrons. The number of amides is 1. The highest BCUT2D eigenvalue weighted by Crippen LogP contribution is 2.26. The predicted octanol–water partition coefficient (Wildman–Crippen LogP) is -0.711. The van der Waals surface area contributed by atoms with E-state index in [0.717, 1.165) is 12.8 Å². The molecule has 1 atom stereocenters. The Balaban J connectivity index is 1.63. The fourth-order valence-corrected chi connectivity index (χ4v) is 1.87. The number of ether oxygens (including phenoxy) is 2. The number of carbonyl (C=O) groups is 1. The molecule has 0 aromatic carbocycles. The highest BCUT2D eigenvalue weighted by atomic mass is 16.6. The largest absolute Gasteiger partial charge is 0.393 e. The van der Waals surface area contributed by atoms with Gasteiger partial charge in [0.05, 0.1) is 25.9 Å². The first-order valence-electron chi connectivity index (χ1n) is 5.41. The van der Waals surface area contributed by atoms with Crippen molar-refractivity contribution < 1.29 is 19.4 Å². The van der Waals surface area contributed by atoms with E-state index in [4.69, 9.17) is 14.6 Å². The first-order valence-corrected chi connectivity index (χ1v) is 5.41. The van der Waals surface area contributed by atoms with Crippen molar-refractivity contribution in [3.63, 3.8) is 0 Å². The van der Waals surface area contributed by atoms with Crippen LogP contribution in [0.5, 0.6) is 0 Å². The lowest BCUT2D eigenvalue weighted by molar-refractivity contribution is -0.148. The molecule has 1 saturated heterocycles. The van der Waals surface area contributed by atoms with E-state index in [1.54, 1.807) is 0 Å². The maximum atomic E-state index is 11.5. The molecular weight excluding hydrogens is 198 g/mol. The summed E-state index contributed by atoms with van der Waals surface area (Å²) in [4.78, 5) is 11.5. The summed E-state index contributed by atoms with van der Waals surface area (Å²) >= 11 is 0. The first-order chi connectivity index (χ1) is 7.25. The number of carbonyl (C=O) groups excluding carboxylic acids is 1. The van der Waals surface area contributed by atoms with E-state index in [9.17, 15) is 4.79 Å². The van der Waals surface area contributed by atoms with Gasteiger partial charge < -0.3 is 19.9 Å². The van der Waals surface area contributed by atoms with Gasteiger partial charge in [-0.15, -0.1) is 0 Å². The highest BCUT2D eigenvalue weighted by molar-refractivity contribution is 5.80. The molecule has 0 radical (unpaired) electrons. The molecule has 1 saturated carbocycles. The van der Waals surface area contributed by atoms with Crippen LogP contribution in [0.15, 0.2) is 0 Å². The summed E-state index contributed by atoms with van der Waals surface area (Å²) in [7, 11) is 0. The van der Waals surface area contributed by atoms with Gasteiger partial charge in [0.1, 0.15) is 0 Å². The van der Waals surface area contributed by atoms with Crippen molar-refractivity contribution in [3.05, 3.63) is 0 Å². The van der Waals surface area contributed by atoms with E-state index in [-0.39, 0.29) is 12.0 Å². The van der Waals surface area contributed by atoms with Crippen LogP contribution >= 0.6 is 0 Å². The molecule has 0 bridgehead atoms. The average Bonchev–Trinajstić information content (AvgIpc) is 2.23. The molecule has 5 heteroatoms. The summed E-state index contributed by atoms with van der Waals surface area (Å²) in [5, 5.41) is 11.9. The summed E-state index contributed by atoms with van der Waals surface area (Å²) in [5.74, 6) is 0.324. The van der Waals surface area contributed by atoms with Gasteiger partial charge in [0, 0.05) is 6.54 Å². The molecule has 2 N–H and O–H groups in total. The van der Waals surface area contributed by atoms with Crippen molar-refractivity contribution in [2.45, 2.75) is 25.0 Å². The number of aliphatic hydroxyl groups is 1. The Bertz CT molecular complexity index is 221. The molecule has 1 heterocycles. The Morgan fingerprint density at radius 3 is 2.80 bits per heavy atom. The minimum Gasteiger partial charge on any atom is -0.393 e. The fraction of sp³-hybridized carbons (Fsp3) is 0.900. The lowest BCUT2D eigenvalue weighted by Gasteiger charge is -2.32. The summed E-state index contributed by atoms with van der Waals surface area (Å²) < 4.78 is 10.4. The lowest BCUT2D eigenvalue weighted by Crippen LogP contribution is -2.46. The van der Waals surface area contributed by atoms with E-state index in [1.807, 2.05) is 0 Å². The van der Waals surface area contributed by atoms with Gasteiger partial charge in [-0.3, -0.25) is 4.79 Å². The number of aliphatic hydroxyl groups excluding tert-OH is 1. The Labute approximate surface area is 88.7 Å². The summed E-state index contributed by atoms with van der Waals surface area (Å²) in [5.41, 5.74) is 0. The zero-order valence-electron chi connectivity index (χ0n) is 8.65. The van der Waals surface area contributed by atoms with Crippen molar-refractivity contribution >= 4 is 5.91 Å². The third kappa shape index (κ3) is 2.90. The summed E-state index contributed by atoms with van der Waals surface area (Å²) in [6.45, 7) is 2.04. The van der Waals surface area contributed by atoms with Crippen molar-refractivity contribution in [1.82, 2.24) is 5.32 Å². The van der Waals surface area contributed by atoms with Gasteiger partial charge in [-0.1, -0.05) is 0 Å². The van der Waals surface area contributed by atoms with Gasteiger partial charge in [0.25, 0.3) is 5.91 Å². The van der Waals surface area contributed by atoms with Crippen molar-refractivity contribution in [1.29, 1.82) is 0 Å². The lowest BCUT2D eigenvalue weighted by atomic mass is 9.82. The van der Waals surface area contributed by atoms with Gasteiger partial charge in [-0.05, 0) is 18.8 Å². The zero-order valence-corrected chi connectivity index (χ0v) is 8.65. The average molecular weight is 215 g/mol. The number of hydrogen-bond donors (Lipinski definition) is 2. The molecule has 0 aromatic rings. The monoisotopic (exact) mass is 215 g/mol. The maximum absolute atomic E-state index is 11.5. The fourth-order valence-electron chi connectivity index (χ4n) is 1.87. The first kappa shape index (κ1) is 10.9. The van der Waals surface area contributed by atoms with Gasteiger partial charge in [0.15, 0.2) is 6.10 Å². The molecule has 2 aliphatic rings. The second-order valence-corrected chi connectivity index (χ2v) is 4.17. The molecule has 1 aliphatic carbocycles. The quantitative estimate of drug-likeness (QED) is 0.652. The van der Waals surface area contributed by atoms with E-state index >= 15 is 0 Å². The summed E-state index contributed by atoms with van der Waals surface area (Å²) in [6, 6.07) is 0. The third-order valence-electron chi connectivity index (χ3n) is 2.88. The maximum Gasteiger partial charge on any atom is 0.251 e. The van der Waals surface area contributed by atoms with Crippen molar-refractivity contribution in [2.24, 2.45) is 5.92 Å². The molecule has 15 heavy (non-hydrogen) atoms. The molecule has 2 fully saturated rings. The van der Waals surface area contributed by atoms with Crippen LogP contribution in [0.3, 0.4) is 0 Å². The van der Waals surface area contributed by atoms with Gasteiger partial charge in [-0.2, -0.15) is 0 Å². The Morgan fingerprint density at radius 2 is 2.20 bits per heavy atom. The van der Waals surface area contributed by atoms with Crippen LogP contribution in [0.4, 0.5) is 0 Å². The Morgan fingerprint density at radius 1 is 1.40 bits per heavy atom. The van der Waals surface area contributed by atoms with Crippen LogP contribution < -0.4 is 5.32 Å². The zero-order chi connectivity index (χ0) is 10.7. The van der Waals surface area contributed by atoms with Gasteiger partial charge in [0.2, 0.25) is 0 Å². The smallest absolute Gasteiger partial charge is 0.251 e. The van der Waals surface area contributed by atoms with Crippen LogP contribution in [-0.4, -0.2) is 49.6 Å². The number of hydrogen-bond acceptors (Lipinski definition) is 4. The summed E-state index contributed by atoms with van der Waals surface area (Å²) in [6.07, 6.45) is 0.967. The topological polar surface area (TPSA) is 67.8 Å². The Kier molecular flexibility index (Phi) is 3.56. The van der Waals surface area contributed by atoms with Crippen LogP contribution in [0, 0.1) is 5.92 Å². The molecule has 2 rings (SSSR count). The normalized spacial score (nSPS) is 35.7. The minimum absolute atomic E-state index is 0.101. The van der Waals surface area contributed by atoms with E-state index in [2.05, 4.69) is 5.32 Å². The molecule has 1 aliphatic heterocycles. The minimum atomic E-state index is -0.455. The molecule has 0 aromatic heterocycles. The van der Waals surface area contributed by atoms with E-state index in [0.29, 0.717) is 32.3 Å². The van der Waals surface area contributed by atoms with Crippen molar-refractivity contribution in [3.8, 4) is 0 Å². The molecule has 0 spiro atoms. The SMILES string of the molecule is O=C(NCC1CC(O)C1)C1COCCO1. The van der Waals surface area contributed by atoms with E-state index < -0.39 is 6.10 Å². The second kappa shape index (κ2) is 4.92. The Hall–Kier alpha value is -0.650. The highest BCUT2D eigenvalue weighted by Gasteiger charge is 2.29. The predicted molar refractivity (Wildman–Crippen MR) is 52.3 cm³/mol. The number of nitrogens with one attached hydrogen (secondary N) is 1. The molecule has 1 unspecified atom stereocenters. The molecule has 1 amide bonds. The van der Waals surface area contributed by atoms with Crippen LogP contribution in [0.2, 0.25) is 0 Å². The molecular formula is C10H17NO4.